The summed E-state index contributed by atoms with van der Waals surface area (Å²) in [6, 6.07) is 6.10. The Morgan fingerprint density at radius 2 is 2.09 bits per heavy atom. The first-order chi connectivity index (χ1) is 16.5. The average molecular weight is 464 g/mol. The van der Waals surface area contributed by atoms with Crippen molar-refractivity contribution in [2.24, 2.45) is 0 Å². The Labute approximate surface area is 192 Å². The number of aromatic nitrogens is 5. The van der Waals surface area contributed by atoms with Gasteiger partial charge in [-0.25, -0.2) is 14.4 Å². The number of anilines is 3. The Kier molecular flexibility index (Phi) is 5.32. The Morgan fingerprint density at radius 1 is 1.26 bits per heavy atom. The zero-order valence-electron chi connectivity index (χ0n) is 18.4. The van der Waals surface area contributed by atoms with Crippen molar-refractivity contribution in [3.05, 3.63) is 64.6 Å². The van der Waals surface area contributed by atoms with Crippen molar-refractivity contribution in [3.63, 3.8) is 0 Å². The predicted octanol–water partition coefficient (Wildman–Crippen LogP) is 2.10. The van der Waals surface area contributed by atoms with Crippen LogP contribution in [0.15, 0.2) is 47.7 Å². The second-order valence-corrected chi connectivity index (χ2v) is 7.72. The molecule has 0 radical (unpaired) electrons. The maximum atomic E-state index is 14.5. The second kappa shape index (κ2) is 8.46. The van der Waals surface area contributed by atoms with E-state index in [4.69, 9.17) is 4.74 Å². The van der Waals surface area contributed by atoms with Gasteiger partial charge >= 0.3 is 0 Å². The number of hydrogen-bond donors (Lipinski definition) is 3. The summed E-state index contributed by atoms with van der Waals surface area (Å²) in [6.45, 7) is 0. The molecule has 0 atom stereocenters. The summed E-state index contributed by atoms with van der Waals surface area (Å²) in [5.41, 5.74) is 0.252. The highest BCUT2D eigenvalue weighted by Gasteiger charge is 2.26. The average Bonchev–Trinajstić information content (AvgIpc) is 3.55. The minimum atomic E-state index is -0.707. The van der Waals surface area contributed by atoms with Gasteiger partial charge in [-0.1, -0.05) is 0 Å². The molecule has 0 bridgehead atoms. The van der Waals surface area contributed by atoms with E-state index in [1.807, 2.05) is 0 Å². The lowest BCUT2D eigenvalue weighted by Gasteiger charge is -2.12. The van der Waals surface area contributed by atoms with Crippen LogP contribution in [0.25, 0.3) is 11.5 Å². The molecule has 0 unspecified atom stereocenters. The zero-order valence-corrected chi connectivity index (χ0v) is 18.4. The first-order valence-corrected chi connectivity index (χ1v) is 10.5. The van der Waals surface area contributed by atoms with Crippen molar-refractivity contribution in [1.82, 2.24) is 29.5 Å². The van der Waals surface area contributed by atoms with Gasteiger partial charge in [-0.3, -0.25) is 14.2 Å². The lowest BCUT2D eigenvalue weighted by atomic mass is 10.3. The maximum Gasteiger partial charge on any atom is 0.280 e. The number of carbonyl (C=O) groups excluding carboxylic acids is 1. The molecule has 11 nitrogen and oxygen atoms in total. The van der Waals surface area contributed by atoms with E-state index in [9.17, 15) is 14.0 Å². The Bertz CT molecular complexity index is 1460. The molecule has 4 heterocycles. The second-order valence-electron chi connectivity index (χ2n) is 7.72. The third kappa shape index (κ3) is 3.89. The van der Waals surface area contributed by atoms with Crippen molar-refractivity contribution in [2.75, 3.05) is 24.8 Å². The van der Waals surface area contributed by atoms with E-state index in [-0.39, 0.29) is 29.2 Å². The lowest BCUT2D eigenvalue weighted by molar-refractivity contribution is 0.0952. The van der Waals surface area contributed by atoms with Crippen LogP contribution in [-0.4, -0.2) is 50.3 Å². The van der Waals surface area contributed by atoms with Crippen LogP contribution in [0, 0.1) is 5.82 Å². The normalized spacial score (nSPS) is 13.0. The molecule has 0 spiro atoms. The summed E-state index contributed by atoms with van der Waals surface area (Å²) in [7, 11) is 3.11. The van der Waals surface area contributed by atoms with Gasteiger partial charge in [0.05, 0.1) is 19.5 Å². The SMILES string of the molecule is CNc1cc(Nc2cccn(-c3ncc(OC)cc3F)c2=O)nc2c(C(=O)NC3CC3)cnn12. The van der Waals surface area contributed by atoms with Crippen LogP contribution in [0.3, 0.4) is 0 Å². The minimum absolute atomic E-state index is 0.141. The smallest absolute Gasteiger partial charge is 0.280 e. The van der Waals surface area contributed by atoms with E-state index in [0.717, 1.165) is 23.5 Å². The highest BCUT2D eigenvalue weighted by Crippen LogP contribution is 2.23. The molecule has 1 amide bonds. The van der Waals surface area contributed by atoms with Gasteiger partial charge in [0, 0.05) is 31.4 Å². The molecule has 0 aromatic carbocycles. The lowest BCUT2D eigenvalue weighted by Crippen LogP contribution is -2.25. The third-order valence-electron chi connectivity index (χ3n) is 5.36. The molecular weight excluding hydrogens is 443 g/mol. The van der Waals surface area contributed by atoms with E-state index < -0.39 is 11.4 Å². The van der Waals surface area contributed by atoms with E-state index >= 15 is 0 Å². The highest BCUT2D eigenvalue weighted by atomic mass is 19.1. The molecule has 34 heavy (non-hydrogen) atoms. The molecule has 4 aromatic heterocycles. The summed E-state index contributed by atoms with van der Waals surface area (Å²) < 4.78 is 22.1. The number of rotatable bonds is 7. The summed E-state index contributed by atoms with van der Waals surface area (Å²) >= 11 is 0. The molecule has 1 aliphatic rings. The highest BCUT2D eigenvalue weighted by molar-refractivity contribution is 6.00. The van der Waals surface area contributed by atoms with Crippen molar-refractivity contribution < 1.29 is 13.9 Å². The number of halogens is 1. The molecule has 1 saturated carbocycles. The van der Waals surface area contributed by atoms with E-state index in [1.54, 1.807) is 25.2 Å². The fraction of sp³-hybridized carbons (Fsp3) is 0.227. The summed E-state index contributed by atoms with van der Waals surface area (Å²) in [4.78, 5) is 34.2. The van der Waals surface area contributed by atoms with Crippen molar-refractivity contribution in [1.29, 1.82) is 0 Å². The topological polar surface area (TPSA) is 127 Å². The maximum absolute atomic E-state index is 14.5. The number of methoxy groups -OCH3 is 1. The van der Waals surface area contributed by atoms with E-state index in [2.05, 4.69) is 31.0 Å². The first-order valence-electron chi connectivity index (χ1n) is 10.5. The Balaban J connectivity index is 1.52. The van der Waals surface area contributed by atoms with Crippen molar-refractivity contribution in [3.8, 4) is 11.6 Å². The molecule has 0 aliphatic heterocycles. The molecule has 3 N–H and O–H groups in total. The van der Waals surface area contributed by atoms with Crippen molar-refractivity contribution >= 4 is 28.9 Å². The number of hydrogen-bond acceptors (Lipinski definition) is 8. The predicted molar refractivity (Wildman–Crippen MR) is 123 cm³/mol. The van der Waals surface area contributed by atoms with Crippen LogP contribution in [0.2, 0.25) is 0 Å². The molecule has 5 rings (SSSR count). The molecule has 0 saturated heterocycles. The van der Waals surface area contributed by atoms with Crippen LogP contribution in [0.1, 0.15) is 23.2 Å². The molecule has 12 heteroatoms. The van der Waals surface area contributed by atoms with Gasteiger partial charge in [0.25, 0.3) is 11.5 Å². The summed E-state index contributed by atoms with van der Waals surface area (Å²) in [5, 5.41) is 13.2. The standard InChI is InChI=1S/C22H21FN8O3/c1-24-18-9-17(29-19-14(11-26-31(18)19)21(32)27-12-5-6-12)28-16-4-3-7-30(22(16)33)20-15(23)8-13(34-2)10-25-20/h3-4,7-12,24H,5-6H2,1-2H3,(H,27,32)(H,28,29). The van der Waals surface area contributed by atoms with Crippen LogP contribution in [0.5, 0.6) is 5.75 Å². The Morgan fingerprint density at radius 3 is 2.79 bits per heavy atom. The van der Waals surface area contributed by atoms with Crippen molar-refractivity contribution in [2.45, 2.75) is 18.9 Å². The molecule has 4 aromatic rings. The quantitative estimate of drug-likeness (QED) is 0.380. The monoisotopic (exact) mass is 464 g/mol. The van der Waals surface area contributed by atoms with Gasteiger partial charge in [-0.15, -0.1) is 0 Å². The number of nitrogens with one attached hydrogen (secondary N) is 3. The minimum Gasteiger partial charge on any atom is -0.495 e. The van der Waals surface area contributed by atoms with E-state index in [0.29, 0.717) is 22.8 Å². The fourth-order valence-electron chi connectivity index (χ4n) is 3.45. The largest absolute Gasteiger partial charge is 0.495 e. The number of amides is 1. The zero-order chi connectivity index (χ0) is 23.8. The molecule has 174 valence electrons. The van der Waals surface area contributed by atoms with Crippen LogP contribution in [0.4, 0.5) is 21.7 Å². The molecule has 1 fully saturated rings. The van der Waals surface area contributed by atoms with Gasteiger partial charge in [-0.05, 0) is 25.0 Å². The number of carbonyl (C=O) groups is 1. The summed E-state index contributed by atoms with van der Waals surface area (Å²) in [5.74, 6) is -0.0342. The number of fused-ring (bicyclic) bond motifs is 1. The first kappa shape index (κ1) is 21.4. The summed E-state index contributed by atoms with van der Waals surface area (Å²) in [6.07, 6.45) is 6.11. The number of ether oxygens (including phenoxy) is 1. The van der Waals surface area contributed by atoms with E-state index in [1.165, 1.54) is 30.2 Å². The van der Waals surface area contributed by atoms with Gasteiger partial charge in [-0.2, -0.15) is 9.61 Å². The molecule has 1 aliphatic carbocycles. The number of nitrogens with zero attached hydrogens (tertiary/aromatic N) is 5. The molecular formula is C22H21FN8O3. The van der Waals surface area contributed by atoms with Crippen LogP contribution in [-0.2, 0) is 0 Å². The number of pyridine rings is 2. The van der Waals surface area contributed by atoms with Gasteiger partial charge in [0.2, 0.25) is 0 Å². The van der Waals surface area contributed by atoms with Gasteiger partial charge in [0.1, 0.15) is 28.6 Å². The van der Waals surface area contributed by atoms with Crippen LogP contribution < -0.4 is 26.2 Å². The third-order valence-corrected chi connectivity index (χ3v) is 5.36. The fourth-order valence-corrected chi connectivity index (χ4v) is 3.45. The Hall–Kier alpha value is -4.48. The van der Waals surface area contributed by atoms with Gasteiger partial charge < -0.3 is 20.7 Å². The van der Waals surface area contributed by atoms with Gasteiger partial charge in [0.15, 0.2) is 17.3 Å². The van der Waals surface area contributed by atoms with Crippen LogP contribution >= 0.6 is 0 Å².